The molecule has 2 atom stereocenters. The number of amides is 2. The number of pyridine rings is 1. The maximum Gasteiger partial charge on any atom is 0.260 e. The van der Waals surface area contributed by atoms with Crippen molar-refractivity contribution in [2.24, 2.45) is 0 Å². The summed E-state index contributed by atoms with van der Waals surface area (Å²) in [6.07, 6.45) is 10.3. The van der Waals surface area contributed by atoms with Crippen molar-refractivity contribution < 1.29 is 19.1 Å². The number of aryl methyl sites for hydroxylation is 2. The van der Waals surface area contributed by atoms with Gasteiger partial charge in [-0.05, 0) is 63.2 Å². The molecule has 5 rings (SSSR count). The first-order chi connectivity index (χ1) is 25.0. The Hall–Kier alpha value is -4.91. The van der Waals surface area contributed by atoms with Gasteiger partial charge in [0.2, 0.25) is 17.8 Å². The molecule has 0 spiro atoms. The highest BCUT2D eigenvalue weighted by molar-refractivity contribution is 6.41. The minimum Gasteiger partial charge on any atom is -0.495 e. The van der Waals surface area contributed by atoms with Gasteiger partial charge in [-0.15, -0.1) is 0 Å². The number of benzene rings is 2. The standard InChI is InChI=1S/C38H43Cl2N7O5/c1-6-31(48)43-27-10-7-8-11-28(27)44-38-41-22-24-20-26(33-34(39)29(51-4)21-30(52-5)35(33)40)37(50)47(36(24)45-38)19-17-23-13-15-25(16-14-23)42-32(49)12-9-18-46(2)3/h6,9,12-16,20-22,27-28H,1,7-8,10-11,17-19H2,2-5H3,(H,42,49)(H,43,48)(H,41,44,45)/b12-9+. The number of anilines is 2. The number of likely N-dealkylation sites (N-methyl/N-ethyl adjacent to an activating group) is 1. The summed E-state index contributed by atoms with van der Waals surface area (Å²) in [5, 5.41) is 10.2. The van der Waals surface area contributed by atoms with Gasteiger partial charge >= 0.3 is 0 Å². The molecule has 12 nitrogen and oxygen atoms in total. The van der Waals surface area contributed by atoms with E-state index in [1.807, 2.05) is 43.3 Å². The van der Waals surface area contributed by atoms with E-state index in [4.69, 9.17) is 37.7 Å². The van der Waals surface area contributed by atoms with Crippen LogP contribution in [0.3, 0.4) is 0 Å². The highest BCUT2D eigenvalue weighted by Crippen LogP contribution is 2.45. The molecule has 0 saturated heterocycles. The maximum absolute atomic E-state index is 14.5. The van der Waals surface area contributed by atoms with E-state index in [1.165, 1.54) is 26.4 Å². The van der Waals surface area contributed by atoms with Gasteiger partial charge in [0.05, 0.1) is 29.8 Å². The first-order valence-electron chi connectivity index (χ1n) is 16.9. The summed E-state index contributed by atoms with van der Waals surface area (Å²) in [6.45, 7) is 4.48. The van der Waals surface area contributed by atoms with Crippen molar-refractivity contribution in [3.8, 4) is 22.6 Å². The van der Waals surface area contributed by atoms with Crippen LogP contribution in [0.15, 0.2) is 72.2 Å². The average molecular weight is 749 g/mol. The second-order valence-corrected chi connectivity index (χ2v) is 13.5. The van der Waals surface area contributed by atoms with Crippen molar-refractivity contribution in [1.29, 1.82) is 0 Å². The lowest BCUT2D eigenvalue weighted by atomic mass is 9.90. The van der Waals surface area contributed by atoms with Crippen molar-refractivity contribution in [3.63, 3.8) is 0 Å². The maximum atomic E-state index is 14.5. The fourth-order valence-electron chi connectivity index (χ4n) is 6.17. The number of carbonyl (C=O) groups is 2. The monoisotopic (exact) mass is 747 g/mol. The summed E-state index contributed by atoms with van der Waals surface area (Å²) in [6, 6.07) is 10.4. The Morgan fingerprint density at radius 2 is 1.69 bits per heavy atom. The van der Waals surface area contributed by atoms with Crippen LogP contribution in [0.1, 0.15) is 31.2 Å². The zero-order valence-corrected chi connectivity index (χ0v) is 31.2. The smallest absolute Gasteiger partial charge is 0.260 e. The van der Waals surface area contributed by atoms with Gasteiger partial charge in [-0.3, -0.25) is 19.0 Å². The van der Waals surface area contributed by atoms with Gasteiger partial charge in [-0.1, -0.05) is 60.8 Å². The minimum absolute atomic E-state index is 0.112. The average Bonchev–Trinajstić information content (AvgIpc) is 3.13. The fourth-order valence-corrected chi connectivity index (χ4v) is 6.88. The molecule has 1 aliphatic carbocycles. The molecule has 2 aromatic carbocycles. The van der Waals surface area contributed by atoms with Crippen LogP contribution >= 0.6 is 23.2 Å². The highest BCUT2D eigenvalue weighted by atomic mass is 35.5. The summed E-state index contributed by atoms with van der Waals surface area (Å²) in [5.41, 5.74) is 2.11. The second-order valence-electron chi connectivity index (χ2n) is 12.7. The van der Waals surface area contributed by atoms with Crippen molar-refractivity contribution >= 4 is 57.7 Å². The number of nitrogens with zero attached hydrogens (tertiary/aromatic N) is 4. The number of carbonyl (C=O) groups excluding carboxylic acids is 2. The Bertz CT molecular complexity index is 2000. The van der Waals surface area contributed by atoms with Gasteiger partial charge in [-0.25, -0.2) is 4.98 Å². The Morgan fingerprint density at radius 3 is 2.33 bits per heavy atom. The molecule has 0 radical (unpaired) electrons. The molecule has 3 N–H and O–H groups in total. The lowest BCUT2D eigenvalue weighted by Gasteiger charge is -2.32. The number of ether oxygens (including phenoxy) is 2. The highest BCUT2D eigenvalue weighted by Gasteiger charge is 2.27. The number of methoxy groups -OCH3 is 2. The predicted molar refractivity (Wildman–Crippen MR) is 207 cm³/mol. The van der Waals surface area contributed by atoms with E-state index in [0.717, 1.165) is 31.2 Å². The third-order valence-corrected chi connectivity index (χ3v) is 9.60. The van der Waals surface area contributed by atoms with Crippen molar-refractivity contribution in [2.45, 2.75) is 50.7 Å². The molecular weight excluding hydrogens is 705 g/mol. The Balaban J connectivity index is 1.51. The van der Waals surface area contributed by atoms with E-state index < -0.39 is 0 Å². The molecule has 2 unspecified atom stereocenters. The van der Waals surface area contributed by atoms with E-state index in [-0.39, 0.29) is 57.2 Å². The van der Waals surface area contributed by atoms with Gasteiger partial charge in [0, 0.05) is 60.1 Å². The molecule has 1 saturated carbocycles. The third-order valence-electron chi connectivity index (χ3n) is 8.85. The van der Waals surface area contributed by atoms with Crippen molar-refractivity contribution in [3.05, 3.63) is 93.4 Å². The van der Waals surface area contributed by atoms with E-state index >= 15 is 0 Å². The van der Waals surface area contributed by atoms with Gasteiger partial charge in [0.1, 0.15) is 17.1 Å². The number of nitrogens with one attached hydrogen (secondary N) is 3. The Kier molecular flexibility index (Phi) is 12.9. The van der Waals surface area contributed by atoms with Crippen LogP contribution in [0.5, 0.6) is 11.5 Å². The predicted octanol–water partition coefficient (Wildman–Crippen LogP) is 6.11. The van der Waals surface area contributed by atoms with Crippen molar-refractivity contribution in [2.75, 3.05) is 45.5 Å². The molecule has 52 heavy (non-hydrogen) atoms. The minimum atomic E-state index is -0.376. The lowest BCUT2D eigenvalue weighted by molar-refractivity contribution is -0.117. The summed E-state index contributed by atoms with van der Waals surface area (Å²) in [4.78, 5) is 50.4. The Morgan fingerprint density at radius 1 is 1.02 bits per heavy atom. The van der Waals surface area contributed by atoms with Crippen LogP contribution in [0.2, 0.25) is 10.0 Å². The van der Waals surface area contributed by atoms with E-state index in [2.05, 4.69) is 27.5 Å². The van der Waals surface area contributed by atoms with Crippen LogP contribution in [-0.2, 0) is 22.6 Å². The molecule has 1 fully saturated rings. The summed E-state index contributed by atoms with van der Waals surface area (Å²) >= 11 is 13.6. The zero-order valence-electron chi connectivity index (χ0n) is 29.7. The molecule has 4 aromatic rings. The van der Waals surface area contributed by atoms with Crippen LogP contribution < -0.4 is 31.0 Å². The topological polar surface area (TPSA) is 140 Å². The van der Waals surface area contributed by atoms with Crippen LogP contribution in [0.25, 0.3) is 22.2 Å². The third kappa shape index (κ3) is 9.11. The van der Waals surface area contributed by atoms with Crippen LogP contribution in [0.4, 0.5) is 11.6 Å². The lowest BCUT2D eigenvalue weighted by Crippen LogP contribution is -2.48. The first kappa shape index (κ1) is 38.3. The molecule has 274 valence electrons. The molecule has 2 heterocycles. The molecular formula is C38H43Cl2N7O5. The molecule has 1 aliphatic rings. The first-order valence-corrected chi connectivity index (χ1v) is 17.7. The fraction of sp³-hybridized carbons (Fsp3) is 0.342. The number of aromatic nitrogens is 3. The van der Waals surface area contributed by atoms with E-state index in [0.29, 0.717) is 47.1 Å². The van der Waals surface area contributed by atoms with Gasteiger partial charge < -0.3 is 30.3 Å². The summed E-state index contributed by atoms with van der Waals surface area (Å²) in [5.74, 6) is 0.467. The molecule has 0 aliphatic heterocycles. The van der Waals surface area contributed by atoms with Crippen LogP contribution in [0, 0.1) is 0 Å². The van der Waals surface area contributed by atoms with Gasteiger partial charge in [0.25, 0.3) is 5.56 Å². The van der Waals surface area contributed by atoms with E-state index in [1.54, 1.807) is 29.0 Å². The number of halogens is 2. The summed E-state index contributed by atoms with van der Waals surface area (Å²) < 4.78 is 12.5. The number of rotatable bonds is 14. The molecule has 14 heteroatoms. The van der Waals surface area contributed by atoms with Crippen molar-refractivity contribution in [1.82, 2.24) is 24.8 Å². The molecule has 2 amide bonds. The largest absolute Gasteiger partial charge is 0.495 e. The van der Waals surface area contributed by atoms with Crippen LogP contribution in [-0.4, -0.2) is 78.2 Å². The second kappa shape index (κ2) is 17.5. The number of hydrogen-bond acceptors (Lipinski definition) is 9. The summed E-state index contributed by atoms with van der Waals surface area (Å²) in [7, 11) is 6.80. The van der Waals surface area contributed by atoms with E-state index in [9.17, 15) is 14.4 Å². The number of hydrogen-bond donors (Lipinski definition) is 3. The molecule has 0 bridgehead atoms. The number of fused-ring (bicyclic) bond motifs is 1. The normalized spacial score (nSPS) is 15.8. The quantitative estimate of drug-likeness (QED) is 0.131. The Labute approximate surface area is 312 Å². The van der Waals surface area contributed by atoms with Gasteiger partial charge in [-0.2, -0.15) is 4.98 Å². The molecule has 2 aromatic heterocycles. The zero-order chi connectivity index (χ0) is 37.4. The van der Waals surface area contributed by atoms with Gasteiger partial charge in [0.15, 0.2) is 0 Å². The SMILES string of the molecule is C=CC(=O)NC1CCCCC1Nc1ncc2cc(-c3c(Cl)c(OC)cc(OC)c3Cl)c(=O)n(CCc3ccc(NC(=O)/C=C/CN(C)C)cc3)c2n1.